The van der Waals surface area contributed by atoms with Gasteiger partial charge in [0.25, 0.3) is 0 Å². The molecule has 0 atom stereocenters. The molecule has 0 spiro atoms. The van der Waals surface area contributed by atoms with E-state index in [1.165, 1.54) is 12.3 Å². The van der Waals surface area contributed by atoms with Gasteiger partial charge in [0.1, 0.15) is 5.82 Å². The lowest BCUT2D eigenvalue weighted by molar-refractivity contribution is 0.257. The summed E-state index contributed by atoms with van der Waals surface area (Å²) in [5.41, 5.74) is 4.36. The van der Waals surface area contributed by atoms with Gasteiger partial charge in [-0.05, 0) is 47.9 Å². The number of nitrogens with zero attached hydrogens (tertiary/aromatic N) is 2. The first-order chi connectivity index (χ1) is 12.2. The standard InChI is InChI=1S/C20H16FN3O/c21-17-11-16(12-22-13-17)14-6-7-19-15(10-14)8-9-24(19)20(25)23-18-4-2-1-3-5-18/h1-7,10-13H,8-9H2,(H,23,25). The van der Waals surface area contributed by atoms with Crippen molar-refractivity contribution >= 4 is 17.4 Å². The maximum absolute atomic E-state index is 13.4. The first kappa shape index (κ1) is 15.3. The van der Waals surface area contributed by atoms with Gasteiger partial charge in [-0.15, -0.1) is 0 Å². The van der Waals surface area contributed by atoms with Crippen LogP contribution < -0.4 is 10.2 Å². The van der Waals surface area contributed by atoms with Gasteiger partial charge in [0.2, 0.25) is 0 Å². The van der Waals surface area contributed by atoms with E-state index in [9.17, 15) is 9.18 Å². The predicted molar refractivity (Wildman–Crippen MR) is 96.1 cm³/mol. The van der Waals surface area contributed by atoms with Crippen molar-refractivity contribution in [1.82, 2.24) is 4.98 Å². The Morgan fingerprint density at radius 3 is 2.68 bits per heavy atom. The minimum absolute atomic E-state index is 0.148. The molecule has 1 aliphatic heterocycles. The van der Waals surface area contributed by atoms with Crippen molar-refractivity contribution in [3.63, 3.8) is 0 Å². The maximum Gasteiger partial charge on any atom is 0.326 e. The van der Waals surface area contributed by atoms with Crippen LogP contribution in [0.25, 0.3) is 11.1 Å². The molecule has 1 aromatic heterocycles. The van der Waals surface area contributed by atoms with Gasteiger partial charge in [-0.2, -0.15) is 0 Å². The molecule has 0 unspecified atom stereocenters. The number of rotatable bonds is 2. The third-order valence-corrected chi connectivity index (χ3v) is 4.28. The lowest BCUT2D eigenvalue weighted by Gasteiger charge is -2.18. The van der Waals surface area contributed by atoms with E-state index in [0.29, 0.717) is 6.54 Å². The molecule has 0 radical (unpaired) electrons. The van der Waals surface area contributed by atoms with Crippen molar-refractivity contribution in [3.8, 4) is 11.1 Å². The number of anilines is 2. The SMILES string of the molecule is O=C(Nc1ccccc1)N1CCc2cc(-c3cncc(F)c3)ccc21. The number of para-hydroxylation sites is 1. The Balaban J connectivity index is 1.58. The molecule has 0 fully saturated rings. The summed E-state index contributed by atoms with van der Waals surface area (Å²) in [5.74, 6) is -0.359. The highest BCUT2D eigenvalue weighted by Gasteiger charge is 2.25. The highest BCUT2D eigenvalue weighted by Crippen LogP contribution is 2.32. The zero-order valence-corrected chi connectivity index (χ0v) is 13.4. The highest BCUT2D eigenvalue weighted by molar-refractivity contribution is 6.03. The summed E-state index contributed by atoms with van der Waals surface area (Å²) in [6.07, 6.45) is 3.60. The minimum atomic E-state index is -0.359. The topological polar surface area (TPSA) is 45.2 Å². The number of hydrogen-bond donors (Lipinski definition) is 1. The monoisotopic (exact) mass is 333 g/mol. The molecule has 25 heavy (non-hydrogen) atoms. The van der Waals surface area contributed by atoms with Gasteiger partial charge < -0.3 is 5.32 Å². The Bertz CT molecular complexity index is 927. The second kappa shape index (κ2) is 6.36. The van der Waals surface area contributed by atoms with E-state index >= 15 is 0 Å². The normalized spacial score (nSPS) is 12.8. The van der Waals surface area contributed by atoms with E-state index in [2.05, 4.69) is 10.3 Å². The van der Waals surface area contributed by atoms with Crippen molar-refractivity contribution < 1.29 is 9.18 Å². The molecule has 4 nitrogen and oxygen atoms in total. The molecule has 0 saturated carbocycles. The number of carbonyl (C=O) groups is 1. The number of aromatic nitrogens is 1. The predicted octanol–water partition coefficient (Wildman–Crippen LogP) is 4.48. The van der Waals surface area contributed by atoms with Crippen LogP contribution in [0.4, 0.5) is 20.6 Å². The van der Waals surface area contributed by atoms with Crippen LogP contribution in [0.5, 0.6) is 0 Å². The molecule has 124 valence electrons. The van der Waals surface area contributed by atoms with E-state index in [4.69, 9.17) is 0 Å². The lowest BCUT2D eigenvalue weighted by atomic mass is 10.0. The van der Waals surface area contributed by atoms with E-state index in [1.807, 2.05) is 48.5 Å². The Labute approximate surface area is 144 Å². The van der Waals surface area contributed by atoms with Gasteiger partial charge in [-0.25, -0.2) is 9.18 Å². The molecular formula is C20H16FN3O. The molecule has 5 heteroatoms. The zero-order valence-electron chi connectivity index (χ0n) is 13.4. The van der Waals surface area contributed by atoms with Crippen molar-refractivity contribution in [2.24, 2.45) is 0 Å². The highest BCUT2D eigenvalue weighted by atomic mass is 19.1. The fourth-order valence-corrected chi connectivity index (χ4v) is 3.07. The van der Waals surface area contributed by atoms with Gasteiger partial charge in [0.05, 0.1) is 6.20 Å². The van der Waals surface area contributed by atoms with E-state index in [0.717, 1.165) is 34.5 Å². The van der Waals surface area contributed by atoms with Crippen molar-refractivity contribution in [2.45, 2.75) is 6.42 Å². The Kier molecular flexibility index (Phi) is 3.90. The van der Waals surface area contributed by atoms with Crippen LogP contribution in [0.3, 0.4) is 0 Å². The number of fused-ring (bicyclic) bond motifs is 1. The van der Waals surface area contributed by atoms with Gasteiger partial charge in [-0.1, -0.05) is 24.3 Å². The van der Waals surface area contributed by atoms with E-state index in [1.54, 1.807) is 11.1 Å². The Morgan fingerprint density at radius 2 is 1.88 bits per heavy atom. The number of amides is 2. The van der Waals surface area contributed by atoms with Gasteiger partial charge in [0, 0.05) is 29.7 Å². The van der Waals surface area contributed by atoms with Crippen LogP contribution in [0.1, 0.15) is 5.56 Å². The first-order valence-electron chi connectivity index (χ1n) is 8.08. The number of nitrogens with one attached hydrogen (secondary N) is 1. The summed E-state index contributed by atoms with van der Waals surface area (Å²) < 4.78 is 13.4. The summed E-state index contributed by atoms with van der Waals surface area (Å²) >= 11 is 0. The molecule has 2 amide bonds. The number of urea groups is 1. The number of pyridine rings is 1. The summed E-state index contributed by atoms with van der Waals surface area (Å²) in [4.78, 5) is 18.2. The molecule has 1 aliphatic rings. The van der Waals surface area contributed by atoms with E-state index in [-0.39, 0.29) is 11.8 Å². The number of hydrogen-bond acceptors (Lipinski definition) is 2. The fourth-order valence-electron chi connectivity index (χ4n) is 3.07. The fraction of sp³-hybridized carbons (Fsp3) is 0.100. The molecule has 0 aliphatic carbocycles. The average Bonchev–Trinajstić information content (AvgIpc) is 3.06. The van der Waals surface area contributed by atoms with Crippen LogP contribution in [0.2, 0.25) is 0 Å². The number of carbonyl (C=O) groups excluding carboxylic acids is 1. The second-order valence-corrected chi connectivity index (χ2v) is 5.93. The zero-order chi connectivity index (χ0) is 17.2. The second-order valence-electron chi connectivity index (χ2n) is 5.93. The molecular weight excluding hydrogens is 317 g/mol. The molecule has 2 aromatic carbocycles. The van der Waals surface area contributed by atoms with Crippen LogP contribution in [0, 0.1) is 5.82 Å². The maximum atomic E-state index is 13.4. The quantitative estimate of drug-likeness (QED) is 0.751. The third-order valence-electron chi connectivity index (χ3n) is 4.28. The van der Waals surface area contributed by atoms with Crippen LogP contribution >= 0.6 is 0 Å². The van der Waals surface area contributed by atoms with Gasteiger partial charge >= 0.3 is 6.03 Å². The largest absolute Gasteiger partial charge is 0.326 e. The van der Waals surface area contributed by atoms with Crippen LogP contribution in [0.15, 0.2) is 67.0 Å². The third kappa shape index (κ3) is 3.08. The molecule has 0 saturated heterocycles. The summed E-state index contributed by atoms with van der Waals surface area (Å²) in [6, 6.07) is 16.5. The van der Waals surface area contributed by atoms with Gasteiger partial charge in [-0.3, -0.25) is 9.88 Å². The van der Waals surface area contributed by atoms with Crippen LogP contribution in [-0.4, -0.2) is 17.6 Å². The van der Waals surface area contributed by atoms with Gasteiger partial charge in [0.15, 0.2) is 0 Å². The van der Waals surface area contributed by atoms with Crippen LogP contribution in [-0.2, 0) is 6.42 Å². The van der Waals surface area contributed by atoms with E-state index < -0.39 is 0 Å². The van der Waals surface area contributed by atoms with Crippen molar-refractivity contribution in [3.05, 3.63) is 78.4 Å². The first-order valence-corrected chi connectivity index (χ1v) is 8.08. The smallest absolute Gasteiger partial charge is 0.308 e. The molecule has 0 bridgehead atoms. The molecule has 3 aromatic rings. The summed E-state index contributed by atoms with van der Waals surface area (Å²) in [5, 5.41) is 2.91. The molecule has 4 rings (SSSR count). The summed E-state index contributed by atoms with van der Waals surface area (Å²) in [6.45, 7) is 0.624. The lowest BCUT2D eigenvalue weighted by Crippen LogP contribution is -2.33. The number of benzene rings is 2. The Hall–Kier alpha value is -3.21. The average molecular weight is 333 g/mol. The summed E-state index contributed by atoms with van der Waals surface area (Å²) in [7, 11) is 0. The molecule has 2 heterocycles. The van der Waals surface area contributed by atoms with Crippen molar-refractivity contribution in [2.75, 3.05) is 16.8 Å². The molecule has 1 N–H and O–H groups in total. The number of halogens is 1. The minimum Gasteiger partial charge on any atom is -0.308 e. The van der Waals surface area contributed by atoms with Crippen molar-refractivity contribution in [1.29, 1.82) is 0 Å². The Morgan fingerprint density at radius 1 is 1.04 bits per heavy atom.